The number of carbonyl (C=O) groups excluding carboxylic acids is 1. The fraction of sp³-hybridized carbons (Fsp3) is 0.182. The summed E-state index contributed by atoms with van der Waals surface area (Å²) in [5.74, 6) is -0.141. The van der Waals surface area contributed by atoms with E-state index in [2.05, 4.69) is 5.32 Å². The molecule has 0 fully saturated rings. The molecule has 16 heavy (non-hydrogen) atoms. The smallest absolute Gasteiger partial charge is 0.263 e. The third-order valence-electron chi connectivity index (χ3n) is 2.24. The molecule has 2 rings (SSSR count). The standard InChI is InChI=1S/C11H11ClN2OS/c1-2-14-11(15)10-9(13)8-6(12)4-3-5-7(8)16-10/h3-5H,2,13H2,1H3,(H,14,15). The van der Waals surface area contributed by atoms with E-state index in [1.807, 2.05) is 19.1 Å². The van der Waals surface area contributed by atoms with Crippen molar-refractivity contribution in [3.05, 3.63) is 28.1 Å². The molecular formula is C11H11ClN2OS. The molecule has 0 radical (unpaired) electrons. The van der Waals surface area contributed by atoms with Gasteiger partial charge in [0.05, 0.1) is 10.7 Å². The first-order valence-electron chi connectivity index (χ1n) is 4.89. The molecule has 84 valence electrons. The molecule has 0 unspecified atom stereocenters. The van der Waals surface area contributed by atoms with Crippen LogP contribution in [0.1, 0.15) is 16.6 Å². The highest BCUT2D eigenvalue weighted by Crippen LogP contribution is 2.37. The zero-order valence-corrected chi connectivity index (χ0v) is 10.3. The van der Waals surface area contributed by atoms with Crippen LogP contribution in [0.25, 0.3) is 10.1 Å². The summed E-state index contributed by atoms with van der Waals surface area (Å²) in [6.45, 7) is 2.45. The summed E-state index contributed by atoms with van der Waals surface area (Å²) in [5.41, 5.74) is 6.41. The van der Waals surface area contributed by atoms with Crippen molar-refractivity contribution in [2.24, 2.45) is 0 Å². The summed E-state index contributed by atoms with van der Waals surface area (Å²) in [6, 6.07) is 5.53. The van der Waals surface area contributed by atoms with Crippen molar-refractivity contribution in [2.75, 3.05) is 12.3 Å². The van der Waals surface area contributed by atoms with Gasteiger partial charge >= 0.3 is 0 Å². The number of halogens is 1. The van der Waals surface area contributed by atoms with Gasteiger partial charge in [0.15, 0.2) is 0 Å². The summed E-state index contributed by atoms with van der Waals surface area (Å²) in [4.78, 5) is 12.3. The first kappa shape index (κ1) is 11.2. The predicted octanol–water partition coefficient (Wildman–Crippen LogP) is 2.89. The average Bonchev–Trinajstić information content (AvgIpc) is 2.58. The van der Waals surface area contributed by atoms with Crippen molar-refractivity contribution in [2.45, 2.75) is 6.92 Å². The van der Waals surface area contributed by atoms with Crippen LogP contribution in [-0.2, 0) is 0 Å². The number of nitrogens with one attached hydrogen (secondary N) is 1. The highest BCUT2D eigenvalue weighted by Gasteiger charge is 2.17. The van der Waals surface area contributed by atoms with Crippen LogP contribution >= 0.6 is 22.9 Å². The number of amides is 1. The number of fused-ring (bicyclic) bond motifs is 1. The average molecular weight is 255 g/mol. The second-order valence-corrected chi connectivity index (χ2v) is 4.78. The summed E-state index contributed by atoms with van der Waals surface area (Å²) in [6.07, 6.45) is 0. The number of nitrogens with two attached hydrogens (primary N) is 1. The molecule has 0 saturated carbocycles. The highest BCUT2D eigenvalue weighted by molar-refractivity contribution is 7.21. The normalized spacial score (nSPS) is 10.6. The second-order valence-electron chi connectivity index (χ2n) is 3.32. The van der Waals surface area contributed by atoms with Crippen molar-refractivity contribution in [1.82, 2.24) is 5.32 Å². The van der Waals surface area contributed by atoms with Crippen LogP contribution < -0.4 is 11.1 Å². The molecule has 1 aromatic heterocycles. The topological polar surface area (TPSA) is 55.1 Å². The first-order valence-corrected chi connectivity index (χ1v) is 6.09. The van der Waals surface area contributed by atoms with Crippen molar-refractivity contribution < 1.29 is 4.79 Å². The number of carbonyl (C=O) groups is 1. The van der Waals surface area contributed by atoms with E-state index in [1.54, 1.807) is 6.07 Å². The SMILES string of the molecule is CCNC(=O)c1sc2cccc(Cl)c2c1N. The number of benzene rings is 1. The monoisotopic (exact) mass is 254 g/mol. The van der Waals surface area contributed by atoms with Crippen molar-refractivity contribution in [1.29, 1.82) is 0 Å². The van der Waals surface area contributed by atoms with Crippen LogP contribution in [0.2, 0.25) is 5.02 Å². The van der Waals surface area contributed by atoms with Gasteiger partial charge in [-0.2, -0.15) is 0 Å². The Bertz CT molecular complexity index is 550. The number of rotatable bonds is 2. The van der Waals surface area contributed by atoms with Gasteiger partial charge in [-0.25, -0.2) is 0 Å². The predicted molar refractivity (Wildman–Crippen MR) is 69.3 cm³/mol. The molecule has 0 bridgehead atoms. The summed E-state index contributed by atoms with van der Waals surface area (Å²) >= 11 is 7.42. The Morgan fingerprint density at radius 2 is 2.31 bits per heavy atom. The molecular weight excluding hydrogens is 244 g/mol. The molecule has 5 heteroatoms. The maximum Gasteiger partial charge on any atom is 0.263 e. The zero-order chi connectivity index (χ0) is 11.7. The molecule has 2 aromatic rings. The molecule has 0 atom stereocenters. The van der Waals surface area contributed by atoms with Crippen LogP contribution in [0.5, 0.6) is 0 Å². The molecule has 3 N–H and O–H groups in total. The minimum absolute atomic E-state index is 0.141. The number of anilines is 1. The van der Waals surface area contributed by atoms with E-state index >= 15 is 0 Å². The summed E-state index contributed by atoms with van der Waals surface area (Å²) in [7, 11) is 0. The van der Waals surface area contributed by atoms with Crippen molar-refractivity contribution >= 4 is 44.6 Å². The van der Waals surface area contributed by atoms with E-state index in [0.717, 1.165) is 10.1 Å². The molecule has 1 amide bonds. The van der Waals surface area contributed by atoms with E-state index in [0.29, 0.717) is 22.1 Å². The van der Waals surface area contributed by atoms with Crippen LogP contribution in [0.15, 0.2) is 18.2 Å². The van der Waals surface area contributed by atoms with Crippen LogP contribution in [0.4, 0.5) is 5.69 Å². The van der Waals surface area contributed by atoms with E-state index in [4.69, 9.17) is 17.3 Å². The molecule has 0 spiro atoms. The van der Waals surface area contributed by atoms with Crippen LogP contribution in [0, 0.1) is 0 Å². The van der Waals surface area contributed by atoms with Gasteiger partial charge in [0.2, 0.25) is 0 Å². The molecule has 0 aliphatic carbocycles. The fourth-order valence-corrected chi connectivity index (χ4v) is 2.94. The zero-order valence-electron chi connectivity index (χ0n) is 8.71. The number of hydrogen-bond acceptors (Lipinski definition) is 3. The van der Waals surface area contributed by atoms with E-state index < -0.39 is 0 Å². The minimum Gasteiger partial charge on any atom is -0.397 e. The van der Waals surface area contributed by atoms with Gasteiger partial charge in [-0.05, 0) is 19.1 Å². The molecule has 0 aliphatic rings. The van der Waals surface area contributed by atoms with E-state index in [-0.39, 0.29) is 5.91 Å². The number of thiophene rings is 1. The third-order valence-corrected chi connectivity index (χ3v) is 3.73. The van der Waals surface area contributed by atoms with Crippen LogP contribution in [-0.4, -0.2) is 12.5 Å². The largest absolute Gasteiger partial charge is 0.397 e. The van der Waals surface area contributed by atoms with Gasteiger partial charge < -0.3 is 11.1 Å². The highest BCUT2D eigenvalue weighted by atomic mass is 35.5. The lowest BCUT2D eigenvalue weighted by atomic mass is 10.2. The third kappa shape index (κ3) is 1.74. The summed E-state index contributed by atoms with van der Waals surface area (Å²) < 4.78 is 0.936. The van der Waals surface area contributed by atoms with Gasteiger partial charge in [-0.1, -0.05) is 17.7 Å². The van der Waals surface area contributed by atoms with Gasteiger partial charge in [-0.3, -0.25) is 4.79 Å². The second kappa shape index (κ2) is 4.31. The lowest BCUT2D eigenvalue weighted by molar-refractivity contribution is 0.0960. The Balaban J connectivity index is 2.61. The Hall–Kier alpha value is -1.26. The van der Waals surface area contributed by atoms with E-state index in [9.17, 15) is 4.79 Å². The molecule has 1 aromatic carbocycles. The fourth-order valence-electron chi connectivity index (χ4n) is 1.54. The first-order chi connectivity index (χ1) is 7.65. The van der Waals surface area contributed by atoms with Gasteiger partial charge in [0, 0.05) is 16.6 Å². The Morgan fingerprint density at radius 1 is 1.56 bits per heavy atom. The summed E-state index contributed by atoms with van der Waals surface area (Å²) in [5, 5.41) is 4.09. The maximum atomic E-state index is 11.7. The molecule has 0 aliphatic heterocycles. The Morgan fingerprint density at radius 3 is 2.94 bits per heavy atom. The Labute approximate surface area is 102 Å². The molecule has 1 heterocycles. The minimum atomic E-state index is -0.141. The van der Waals surface area contributed by atoms with Gasteiger partial charge in [0.1, 0.15) is 4.88 Å². The van der Waals surface area contributed by atoms with E-state index in [1.165, 1.54) is 11.3 Å². The van der Waals surface area contributed by atoms with Crippen molar-refractivity contribution in [3.63, 3.8) is 0 Å². The van der Waals surface area contributed by atoms with Gasteiger partial charge in [-0.15, -0.1) is 11.3 Å². The number of nitrogen functional groups attached to an aromatic ring is 1. The van der Waals surface area contributed by atoms with Gasteiger partial charge in [0.25, 0.3) is 5.91 Å². The molecule has 0 saturated heterocycles. The molecule has 3 nitrogen and oxygen atoms in total. The number of hydrogen-bond donors (Lipinski definition) is 2. The lowest BCUT2D eigenvalue weighted by Gasteiger charge is -2.00. The lowest BCUT2D eigenvalue weighted by Crippen LogP contribution is -2.22. The van der Waals surface area contributed by atoms with Crippen LogP contribution in [0.3, 0.4) is 0 Å². The quantitative estimate of drug-likeness (QED) is 0.866. The van der Waals surface area contributed by atoms with Crippen molar-refractivity contribution in [3.8, 4) is 0 Å². The Kier molecular flexibility index (Phi) is 3.03. The maximum absolute atomic E-state index is 11.7.